The van der Waals surface area contributed by atoms with Crippen LogP contribution in [-0.4, -0.2) is 30.7 Å². The Balaban J connectivity index is 1.87. The van der Waals surface area contributed by atoms with Gasteiger partial charge in [0.2, 0.25) is 10.0 Å². The maximum absolute atomic E-state index is 11.8. The van der Waals surface area contributed by atoms with Crippen molar-refractivity contribution in [1.82, 2.24) is 9.97 Å². The van der Waals surface area contributed by atoms with Gasteiger partial charge in [-0.1, -0.05) is 6.07 Å². The van der Waals surface area contributed by atoms with Crippen LogP contribution < -0.4 is 15.2 Å². The smallest absolute Gasteiger partial charge is 0.237 e. The number of hydrogen-bond donors (Lipinski definition) is 2. The molecule has 1 aromatic heterocycles. The molecular weight excluding hydrogens is 280 g/mol. The summed E-state index contributed by atoms with van der Waals surface area (Å²) < 4.78 is 31.2. The van der Waals surface area contributed by atoms with Crippen LogP contribution in [0.2, 0.25) is 0 Å². The molecule has 2 rings (SSSR count). The number of nitrogen functional groups attached to an aromatic ring is 1. The Morgan fingerprint density at radius 1 is 1.30 bits per heavy atom. The Bertz CT molecular complexity index is 661. The summed E-state index contributed by atoms with van der Waals surface area (Å²) >= 11 is 0. The molecule has 20 heavy (non-hydrogen) atoms. The van der Waals surface area contributed by atoms with E-state index in [4.69, 9.17) is 10.5 Å². The summed E-state index contributed by atoms with van der Waals surface area (Å²) in [6.45, 7) is 0.0129. The second-order valence-corrected chi connectivity index (χ2v) is 5.77. The number of benzene rings is 1. The van der Waals surface area contributed by atoms with Crippen LogP contribution in [0.15, 0.2) is 42.9 Å². The quantitative estimate of drug-likeness (QED) is 0.766. The number of rotatable bonds is 6. The number of anilines is 2. The van der Waals surface area contributed by atoms with Crippen LogP contribution in [0, 0.1) is 0 Å². The number of nitrogens with zero attached hydrogens (tertiary/aromatic N) is 2. The maximum Gasteiger partial charge on any atom is 0.237 e. The van der Waals surface area contributed by atoms with E-state index < -0.39 is 10.0 Å². The van der Waals surface area contributed by atoms with Crippen molar-refractivity contribution >= 4 is 21.5 Å². The van der Waals surface area contributed by atoms with Crippen molar-refractivity contribution < 1.29 is 13.2 Å². The molecule has 0 saturated carbocycles. The van der Waals surface area contributed by atoms with Gasteiger partial charge in [0.25, 0.3) is 0 Å². The molecule has 1 heterocycles. The molecule has 0 aliphatic heterocycles. The van der Waals surface area contributed by atoms with E-state index in [1.165, 1.54) is 18.6 Å². The third kappa shape index (κ3) is 4.39. The molecule has 7 nitrogen and oxygen atoms in total. The molecule has 0 fully saturated rings. The van der Waals surface area contributed by atoms with E-state index in [0.29, 0.717) is 11.4 Å². The highest BCUT2D eigenvalue weighted by molar-refractivity contribution is 7.92. The van der Waals surface area contributed by atoms with Crippen LogP contribution >= 0.6 is 0 Å². The Hall–Kier alpha value is -2.35. The van der Waals surface area contributed by atoms with Crippen molar-refractivity contribution in [2.75, 3.05) is 22.8 Å². The standard InChI is InChI=1S/C12H14N4O3S/c13-10-2-1-3-11(8-10)19-6-7-20(17,18)16-12-9-14-4-5-15-12/h1-5,8-9H,6-7,13H2,(H,15,16). The summed E-state index contributed by atoms with van der Waals surface area (Å²) in [5.74, 6) is 0.509. The molecule has 106 valence electrons. The molecule has 0 aliphatic rings. The molecule has 0 amide bonds. The van der Waals surface area contributed by atoms with Crippen molar-refractivity contribution in [3.63, 3.8) is 0 Å². The maximum atomic E-state index is 11.8. The van der Waals surface area contributed by atoms with Gasteiger partial charge in [-0.2, -0.15) is 0 Å². The summed E-state index contributed by atoms with van der Waals surface area (Å²) in [6, 6.07) is 6.79. The van der Waals surface area contributed by atoms with Gasteiger partial charge in [-0.05, 0) is 12.1 Å². The van der Waals surface area contributed by atoms with Crippen LogP contribution in [0.3, 0.4) is 0 Å². The third-order valence-corrected chi connectivity index (χ3v) is 3.53. The van der Waals surface area contributed by atoms with Crippen molar-refractivity contribution in [3.8, 4) is 5.75 Å². The molecule has 2 aromatic rings. The monoisotopic (exact) mass is 294 g/mol. The number of hydrogen-bond acceptors (Lipinski definition) is 6. The SMILES string of the molecule is Nc1cccc(OCCS(=O)(=O)Nc2cnccn2)c1. The predicted octanol–water partition coefficient (Wildman–Crippen LogP) is 0.879. The van der Waals surface area contributed by atoms with Gasteiger partial charge in [0.15, 0.2) is 5.82 Å². The normalized spacial score (nSPS) is 11.0. The molecule has 0 saturated heterocycles. The second-order valence-electron chi connectivity index (χ2n) is 3.93. The minimum Gasteiger partial charge on any atom is -0.492 e. The lowest BCUT2D eigenvalue weighted by Gasteiger charge is -2.08. The van der Waals surface area contributed by atoms with E-state index in [2.05, 4.69) is 14.7 Å². The predicted molar refractivity (Wildman–Crippen MR) is 75.8 cm³/mol. The Kier molecular flexibility index (Phi) is 4.36. The summed E-state index contributed by atoms with van der Waals surface area (Å²) in [5, 5.41) is 0. The minimum atomic E-state index is -3.52. The molecule has 0 aliphatic carbocycles. The van der Waals surface area contributed by atoms with Crippen LogP contribution in [0.5, 0.6) is 5.75 Å². The zero-order valence-corrected chi connectivity index (χ0v) is 11.4. The van der Waals surface area contributed by atoms with E-state index in [1.54, 1.807) is 24.3 Å². The molecule has 0 bridgehead atoms. The van der Waals surface area contributed by atoms with E-state index in [-0.39, 0.29) is 18.2 Å². The number of sulfonamides is 1. The van der Waals surface area contributed by atoms with Crippen molar-refractivity contribution in [2.24, 2.45) is 0 Å². The van der Waals surface area contributed by atoms with Crippen molar-refractivity contribution in [3.05, 3.63) is 42.9 Å². The molecule has 0 spiro atoms. The fraction of sp³-hybridized carbons (Fsp3) is 0.167. The Morgan fingerprint density at radius 2 is 2.15 bits per heavy atom. The van der Waals surface area contributed by atoms with Crippen LogP contribution in [0.1, 0.15) is 0 Å². The number of ether oxygens (including phenoxy) is 1. The molecule has 8 heteroatoms. The van der Waals surface area contributed by atoms with Gasteiger partial charge in [-0.15, -0.1) is 0 Å². The molecule has 0 radical (unpaired) electrons. The molecule has 3 N–H and O–H groups in total. The third-order valence-electron chi connectivity index (χ3n) is 2.30. The topological polar surface area (TPSA) is 107 Å². The van der Waals surface area contributed by atoms with Gasteiger partial charge >= 0.3 is 0 Å². The minimum absolute atomic E-state index is 0.0129. The lowest BCUT2D eigenvalue weighted by Crippen LogP contribution is -2.21. The first-order valence-electron chi connectivity index (χ1n) is 5.80. The largest absolute Gasteiger partial charge is 0.492 e. The average Bonchev–Trinajstić information content (AvgIpc) is 2.39. The fourth-order valence-corrected chi connectivity index (χ4v) is 2.26. The first-order valence-corrected chi connectivity index (χ1v) is 7.45. The van der Waals surface area contributed by atoms with Gasteiger partial charge < -0.3 is 10.5 Å². The van der Waals surface area contributed by atoms with E-state index in [9.17, 15) is 8.42 Å². The van der Waals surface area contributed by atoms with Crippen LogP contribution in [0.4, 0.5) is 11.5 Å². The van der Waals surface area contributed by atoms with Gasteiger partial charge in [0.1, 0.15) is 18.1 Å². The van der Waals surface area contributed by atoms with Crippen LogP contribution in [0.25, 0.3) is 0 Å². The second kappa shape index (κ2) is 6.20. The van der Waals surface area contributed by atoms with Crippen molar-refractivity contribution in [2.45, 2.75) is 0 Å². The highest BCUT2D eigenvalue weighted by Crippen LogP contribution is 2.14. The first kappa shape index (κ1) is 14.1. The number of nitrogens with one attached hydrogen (secondary N) is 1. The zero-order chi connectivity index (χ0) is 14.4. The molecule has 0 atom stereocenters. The number of aromatic nitrogens is 2. The zero-order valence-electron chi connectivity index (χ0n) is 10.6. The summed E-state index contributed by atoms with van der Waals surface area (Å²) in [6.07, 6.45) is 4.19. The molecular formula is C12H14N4O3S. The number of nitrogens with two attached hydrogens (primary N) is 1. The van der Waals surface area contributed by atoms with Gasteiger partial charge in [0.05, 0.1) is 6.20 Å². The highest BCUT2D eigenvalue weighted by Gasteiger charge is 2.11. The van der Waals surface area contributed by atoms with E-state index >= 15 is 0 Å². The fourth-order valence-electron chi connectivity index (χ4n) is 1.44. The lowest BCUT2D eigenvalue weighted by atomic mass is 10.3. The van der Waals surface area contributed by atoms with Crippen molar-refractivity contribution in [1.29, 1.82) is 0 Å². The van der Waals surface area contributed by atoms with Gasteiger partial charge in [0, 0.05) is 24.1 Å². The Labute approximate surface area is 116 Å². The van der Waals surface area contributed by atoms with E-state index in [1.807, 2.05) is 0 Å². The summed E-state index contributed by atoms with van der Waals surface area (Å²) in [4.78, 5) is 7.60. The van der Waals surface area contributed by atoms with E-state index in [0.717, 1.165) is 0 Å². The summed E-state index contributed by atoms with van der Waals surface area (Å²) in [7, 11) is -3.52. The van der Waals surface area contributed by atoms with Crippen LogP contribution in [-0.2, 0) is 10.0 Å². The van der Waals surface area contributed by atoms with Gasteiger partial charge in [-0.25, -0.2) is 13.4 Å². The highest BCUT2D eigenvalue weighted by atomic mass is 32.2. The summed E-state index contributed by atoms with van der Waals surface area (Å²) in [5.41, 5.74) is 6.15. The Morgan fingerprint density at radius 3 is 2.85 bits per heavy atom. The molecule has 1 aromatic carbocycles. The van der Waals surface area contributed by atoms with Gasteiger partial charge in [-0.3, -0.25) is 9.71 Å². The first-order chi connectivity index (χ1) is 9.55. The molecule has 0 unspecified atom stereocenters. The lowest BCUT2D eigenvalue weighted by molar-refractivity contribution is 0.341. The average molecular weight is 294 g/mol.